The Morgan fingerprint density at radius 2 is 2.08 bits per heavy atom. The number of amides is 1. The number of benzene rings is 1. The molecule has 25 heavy (non-hydrogen) atoms. The second-order valence-electron chi connectivity index (χ2n) is 5.81. The van der Waals surface area contributed by atoms with E-state index in [2.05, 4.69) is 10.3 Å². The topological polar surface area (TPSA) is 56.1 Å². The summed E-state index contributed by atoms with van der Waals surface area (Å²) in [4.78, 5) is 15.7. The molecule has 5 nitrogen and oxygen atoms in total. The number of hydrogen-bond donors (Lipinski definition) is 1. The fraction of sp³-hybridized carbons (Fsp3) is 0.263. The van der Waals surface area contributed by atoms with Crippen LogP contribution in [0.25, 0.3) is 10.9 Å². The zero-order chi connectivity index (χ0) is 17.6. The van der Waals surface area contributed by atoms with Crippen molar-refractivity contribution in [1.82, 2.24) is 14.9 Å². The number of carbonyl (C=O) groups excluding carboxylic acids is 1. The van der Waals surface area contributed by atoms with Gasteiger partial charge in [0, 0.05) is 43.1 Å². The molecule has 0 aliphatic rings. The van der Waals surface area contributed by atoms with Crippen LogP contribution in [-0.4, -0.2) is 22.2 Å². The predicted molar refractivity (Wildman–Crippen MR) is 94.2 cm³/mol. The monoisotopic (exact) mass is 341 g/mol. The maximum absolute atomic E-state index is 14.3. The number of fused-ring (bicyclic) bond motifs is 1. The maximum Gasteiger partial charge on any atom is 0.412 e. The molecule has 0 fully saturated rings. The summed E-state index contributed by atoms with van der Waals surface area (Å²) in [5.74, 6) is -0.629. The molecule has 6 heteroatoms. The lowest BCUT2D eigenvalue weighted by Gasteiger charge is -2.09. The molecule has 1 aromatic carbocycles. The van der Waals surface area contributed by atoms with Crippen molar-refractivity contribution >= 4 is 17.0 Å². The van der Waals surface area contributed by atoms with E-state index in [0.29, 0.717) is 13.1 Å². The third kappa shape index (κ3) is 4.15. The van der Waals surface area contributed by atoms with Crippen molar-refractivity contribution in [1.29, 1.82) is 0 Å². The largest absolute Gasteiger partial charge is 0.412 e. The average molecular weight is 341 g/mol. The van der Waals surface area contributed by atoms with Crippen LogP contribution < -0.4 is 10.1 Å². The van der Waals surface area contributed by atoms with Gasteiger partial charge in [0.2, 0.25) is 0 Å². The molecule has 2 aromatic heterocycles. The molecule has 0 saturated heterocycles. The molecular weight excluding hydrogens is 321 g/mol. The van der Waals surface area contributed by atoms with E-state index < -0.39 is 11.9 Å². The van der Waals surface area contributed by atoms with Crippen molar-refractivity contribution in [2.45, 2.75) is 26.3 Å². The highest BCUT2D eigenvalue weighted by molar-refractivity contribution is 5.83. The van der Waals surface area contributed by atoms with Crippen molar-refractivity contribution in [2.75, 3.05) is 6.54 Å². The Morgan fingerprint density at radius 3 is 2.84 bits per heavy atom. The minimum absolute atomic E-state index is 0.0665. The van der Waals surface area contributed by atoms with E-state index in [1.54, 1.807) is 18.5 Å². The summed E-state index contributed by atoms with van der Waals surface area (Å²) in [6, 6.07) is 8.65. The van der Waals surface area contributed by atoms with E-state index in [4.69, 9.17) is 4.74 Å². The maximum atomic E-state index is 14.3. The van der Waals surface area contributed by atoms with Crippen LogP contribution in [0.3, 0.4) is 0 Å². The second-order valence-corrected chi connectivity index (χ2v) is 5.81. The first kappa shape index (κ1) is 17.0. The first-order chi connectivity index (χ1) is 12.2. The quantitative estimate of drug-likeness (QED) is 0.687. The van der Waals surface area contributed by atoms with Gasteiger partial charge in [0.25, 0.3) is 0 Å². The van der Waals surface area contributed by atoms with Gasteiger partial charge < -0.3 is 14.6 Å². The molecule has 3 rings (SSSR count). The highest BCUT2D eigenvalue weighted by atomic mass is 19.1. The van der Waals surface area contributed by atoms with Gasteiger partial charge in [-0.3, -0.25) is 4.98 Å². The minimum Gasteiger partial charge on any atom is -0.407 e. The molecule has 0 radical (unpaired) electrons. The number of pyridine rings is 1. The molecule has 1 N–H and O–H groups in total. The van der Waals surface area contributed by atoms with Gasteiger partial charge in [0.05, 0.1) is 5.52 Å². The Hall–Kier alpha value is -2.89. The molecule has 3 aromatic rings. The molecule has 0 saturated carbocycles. The Bertz CT molecular complexity index is 862. The smallest absolute Gasteiger partial charge is 0.407 e. The molecule has 1 amide bonds. The Kier molecular flexibility index (Phi) is 5.28. The minimum atomic E-state index is -0.636. The lowest BCUT2D eigenvalue weighted by Crippen LogP contribution is -2.27. The van der Waals surface area contributed by atoms with E-state index >= 15 is 0 Å². The number of aromatic nitrogens is 2. The summed E-state index contributed by atoms with van der Waals surface area (Å²) in [5.41, 5.74) is 1.82. The highest BCUT2D eigenvalue weighted by Gasteiger charge is 2.13. The second kappa shape index (κ2) is 7.79. The summed E-state index contributed by atoms with van der Waals surface area (Å²) >= 11 is 0. The summed E-state index contributed by atoms with van der Waals surface area (Å²) < 4.78 is 21.4. The van der Waals surface area contributed by atoms with Crippen LogP contribution in [0, 0.1) is 5.82 Å². The number of carbonyl (C=O) groups is 1. The summed E-state index contributed by atoms with van der Waals surface area (Å²) in [6.45, 7) is 3.15. The number of ether oxygens (including phenoxy) is 1. The van der Waals surface area contributed by atoms with E-state index in [1.165, 1.54) is 6.07 Å². The van der Waals surface area contributed by atoms with Crippen molar-refractivity contribution in [3.63, 3.8) is 0 Å². The average Bonchev–Trinajstić information content (AvgIpc) is 2.98. The predicted octanol–water partition coefficient (Wildman–Crippen LogP) is 4.11. The van der Waals surface area contributed by atoms with Gasteiger partial charge in [-0.25, -0.2) is 9.18 Å². The van der Waals surface area contributed by atoms with Gasteiger partial charge in [-0.05, 0) is 36.2 Å². The van der Waals surface area contributed by atoms with Crippen molar-refractivity contribution in [2.24, 2.45) is 0 Å². The van der Waals surface area contributed by atoms with Gasteiger partial charge in [-0.2, -0.15) is 0 Å². The number of unbranched alkanes of at least 4 members (excludes halogenated alkanes) is 1. The van der Waals surface area contributed by atoms with Crippen molar-refractivity contribution in [3.05, 3.63) is 60.3 Å². The number of nitrogens with one attached hydrogen (secondary N) is 1. The lowest BCUT2D eigenvalue weighted by atomic mass is 10.2. The molecule has 0 unspecified atom stereocenters. The van der Waals surface area contributed by atoms with Gasteiger partial charge in [0.1, 0.15) is 0 Å². The van der Waals surface area contributed by atoms with Gasteiger partial charge in [-0.1, -0.05) is 13.3 Å². The summed E-state index contributed by atoms with van der Waals surface area (Å²) in [5, 5.41) is 3.42. The SMILES string of the molecule is CCCCNC(=O)Oc1cc2ccn(Cc3ccncc3)c2cc1F. The van der Waals surface area contributed by atoms with Crippen molar-refractivity contribution in [3.8, 4) is 5.75 Å². The fourth-order valence-electron chi connectivity index (χ4n) is 2.60. The number of nitrogens with zero attached hydrogens (tertiary/aromatic N) is 2. The Morgan fingerprint density at radius 1 is 1.28 bits per heavy atom. The third-order valence-corrected chi connectivity index (χ3v) is 3.93. The molecule has 0 spiro atoms. The van der Waals surface area contributed by atoms with Gasteiger partial charge in [-0.15, -0.1) is 0 Å². The zero-order valence-electron chi connectivity index (χ0n) is 14.0. The molecular formula is C19H20FN3O2. The highest BCUT2D eigenvalue weighted by Crippen LogP contribution is 2.26. The molecule has 130 valence electrons. The Labute approximate surface area is 145 Å². The first-order valence-corrected chi connectivity index (χ1v) is 8.30. The third-order valence-electron chi connectivity index (χ3n) is 3.93. The van der Waals surface area contributed by atoms with Gasteiger partial charge >= 0.3 is 6.09 Å². The van der Waals surface area contributed by atoms with Crippen LogP contribution in [0.2, 0.25) is 0 Å². The zero-order valence-corrected chi connectivity index (χ0v) is 14.0. The van der Waals surface area contributed by atoms with Crippen LogP contribution in [0.15, 0.2) is 48.9 Å². The van der Waals surface area contributed by atoms with E-state index in [1.807, 2.05) is 35.9 Å². The number of halogens is 1. The molecule has 2 heterocycles. The first-order valence-electron chi connectivity index (χ1n) is 8.30. The standard InChI is InChI=1S/C19H20FN3O2/c1-2-3-7-22-19(24)25-18-11-15-6-10-23(17(15)12-16(18)20)13-14-4-8-21-9-5-14/h4-6,8-12H,2-3,7,13H2,1H3,(H,22,24). The van der Waals surface area contributed by atoms with Crippen LogP contribution in [-0.2, 0) is 6.54 Å². The molecule has 0 aliphatic heterocycles. The van der Waals surface area contributed by atoms with Crippen LogP contribution >= 0.6 is 0 Å². The van der Waals surface area contributed by atoms with E-state index in [0.717, 1.165) is 29.3 Å². The molecule has 0 atom stereocenters. The molecule has 0 bridgehead atoms. The lowest BCUT2D eigenvalue weighted by molar-refractivity contribution is 0.198. The number of hydrogen-bond acceptors (Lipinski definition) is 3. The van der Waals surface area contributed by atoms with E-state index in [9.17, 15) is 9.18 Å². The number of rotatable bonds is 6. The van der Waals surface area contributed by atoms with Crippen LogP contribution in [0.4, 0.5) is 9.18 Å². The summed E-state index contributed by atoms with van der Waals surface area (Å²) in [6.07, 6.45) is 6.52. The fourth-order valence-corrected chi connectivity index (χ4v) is 2.60. The summed E-state index contributed by atoms with van der Waals surface area (Å²) in [7, 11) is 0. The van der Waals surface area contributed by atoms with E-state index in [-0.39, 0.29) is 5.75 Å². The van der Waals surface area contributed by atoms with Gasteiger partial charge in [0.15, 0.2) is 11.6 Å². The van der Waals surface area contributed by atoms with Crippen LogP contribution in [0.1, 0.15) is 25.3 Å². The van der Waals surface area contributed by atoms with Crippen molar-refractivity contribution < 1.29 is 13.9 Å². The molecule has 0 aliphatic carbocycles. The Balaban J connectivity index is 1.77. The normalized spacial score (nSPS) is 10.8. The van der Waals surface area contributed by atoms with Crippen LogP contribution in [0.5, 0.6) is 5.75 Å².